The molecule has 2 bridgehead atoms. The number of fused-ring (bicyclic) bond motifs is 2. The zero-order valence-corrected chi connectivity index (χ0v) is 18.7. The fraction of sp³-hybridized carbons (Fsp3) is 0.889. The molecule has 2 rings (SSSR count). The lowest BCUT2D eigenvalue weighted by Gasteiger charge is -2.44. The fourth-order valence-corrected chi connectivity index (χ4v) is 5.15. The number of rotatable bonds is 4. The molecule has 23 heavy (non-hydrogen) atoms. The predicted molar refractivity (Wildman–Crippen MR) is 102 cm³/mol. The van der Waals surface area contributed by atoms with Crippen molar-refractivity contribution < 1.29 is 13.6 Å². The molecule has 134 valence electrons. The van der Waals surface area contributed by atoms with Gasteiger partial charge in [-0.1, -0.05) is 53.7 Å². The average molecular weight is 357 g/mol. The van der Waals surface area contributed by atoms with E-state index in [2.05, 4.69) is 79.9 Å². The first-order valence-electron chi connectivity index (χ1n) is 8.85. The highest BCUT2D eigenvalue weighted by Gasteiger charge is 2.54. The molecule has 0 spiro atoms. The van der Waals surface area contributed by atoms with E-state index in [-0.39, 0.29) is 34.5 Å². The fourth-order valence-electron chi connectivity index (χ4n) is 2.54. The first-order valence-corrected chi connectivity index (χ1v) is 14.7. The molecular weight excluding hydrogens is 320 g/mol. The van der Waals surface area contributed by atoms with Crippen LogP contribution in [0.4, 0.5) is 0 Å². The summed E-state index contributed by atoms with van der Waals surface area (Å²) in [6, 6.07) is 0. The summed E-state index contributed by atoms with van der Waals surface area (Å²) in [4.78, 5) is 0. The largest absolute Gasteiger partial charge is 0.408 e. The van der Waals surface area contributed by atoms with Gasteiger partial charge in [0.25, 0.3) is 0 Å². The van der Waals surface area contributed by atoms with Crippen molar-refractivity contribution in [2.24, 2.45) is 0 Å². The summed E-state index contributed by atoms with van der Waals surface area (Å²) in [6.07, 6.45) is 4.52. The lowest BCUT2D eigenvalue weighted by Crippen LogP contribution is -2.54. The Hall–Kier alpha value is 0.0538. The molecule has 2 heterocycles. The molecule has 1 saturated heterocycles. The van der Waals surface area contributed by atoms with Crippen LogP contribution in [-0.2, 0) is 13.6 Å². The van der Waals surface area contributed by atoms with Crippen molar-refractivity contribution in [1.82, 2.24) is 0 Å². The molecule has 0 unspecified atom stereocenters. The van der Waals surface area contributed by atoms with Crippen molar-refractivity contribution in [3.8, 4) is 0 Å². The highest BCUT2D eigenvalue weighted by molar-refractivity contribution is 6.74. The maximum Gasteiger partial charge on any atom is 0.192 e. The number of ether oxygens (including phenoxy) is 1. The van der Waals surface area contributed by atoms with Crippen molar-refractivity contribution >= 4 is 16.6 Å². The predicted octanol–water partition coefficient (Wildman–Crippen LogP) is 5.10. The monoisotopic (exact) mass is 356 g/mol. The van der Waals surface area contributed by atoms with Gasteiger partial charge in [0.15, 0.2) is 16.6 Å². The first kappa shape index (κ1) is 19.4. The Morgan fingerprint density at radius 1 is 0.696 bits per heavy atom. The van der Waals surface area contributed by atoms with Gasteiger partial charge < -0.3 is 13.6 Å². The molecule has 0 aliphatic carbocycles. The molecule has 0 N–H and O–H groups in total. The minimum Gasteiger partial charge on any atom is -0.408 e. The summed E-state index contributed by atoms with van der Waals surface area (Å²) in [5, 5.41) is 0.389. The summed E-state index contributed by atoms with van der Waals surface area (Å²) >= 11 is 0. The Labute approximate surface area is 145 Å². The van der Waals surface area contributed by atoms with Crippen molar-refractivity contribution in [2.45, 2.75) is 102 Å². The van der Waals surface area contributed by atoms with E-state index in [1.54, 1.807) is 0 Å². The Morgan fingerprint density at radius 3 is 1.26 bits per heavy atom. The van der Waals surface area contributed by atoms with Crippen LogP contribution in [0.5, 0.6) is 0 Å². The van der Waals surface area contributed by atoms with E-state index in [4.69, 9.17) is 13.6 Å². The molecule has 3 nitrogen and oxygen atoms in total. The van der Waals surface area contributed by atoms with Crippen LogP contribution in [0.25, 0.3) is 0 Å². The van der Waals surface area contributed by atoms with Crippen molar-refractivity contribution in [1.29, 1.82) is 0 Å². The zero-order valence-electron chi connectivity index (χ0n) is 16.7. The summed E-state index contributed by atoms with van der Waals surface area (Å²) in [7, 11) is -3.70. The Morgan fingerprint density at radius 2 is 1.00 bits per heavy atom. The molecule has 4 atom stereocenters. The quantitative estimate of drug-likeness (QED) is 0.518. The van der Waals surface area contributed by atoms with Gasteiger partial charge >= 0.3 is 0 Å². The molecule has 2 aliphatic heterocycles. The molecule has 1 fully saturated rings. The van der Waals surface area contributed by atoms with Gasteiger partial charge in [-0.2, -0.15) is 0 Å². The molecule has 0 aromatic heterocycles. The van der Waals surface area contributed by atoms with Crippen LogP contribution in [-0.4, -0.2) is 41.1 Å². The lowest BCUT2D eigenvalue weighted by molar-refractivity contribution is 0.0504. The highest BCUT2D eigenvalue weighted by atomic mass is 28.4. The van der Waals surface area contributed by atoms with E-state index in [1.807, 2.05) is 0 Å². The standard InChI is InChI=1S/C18H36O3Si2/c1-17(2,3)22(7,8)20-15-13-11-12-14(19-13)16(15)21-23(9,10)18(4,5)6/h11-16H,1-10H3/t13-,14+,15+,16-. The van der Waals surface area contributed by atoms with Gasteiger partial charge in [0.2, 0.25) is 0 Å². The van der Waals surface area contributed by atoms with E-state index in [9.17, 15) is 0 Å². The maximum absolute atomic E-state index is 6.73. The lowest BCUT2D eigenvalue weighted by atomic mass is 10.0. The summed E-state index contributed by atoms with van der Waals surface area (Å²) in [6.45, 7) is 23.0. The smallest absolute Gasteiger partial charge is 0.192 e. The van der Waals surface area contributed by atoms with Crippen LogP contribution in [0.1, 0.15) is 41.5 Å². The van der Waals surface area contributed by atoms with E-state index >= 15 is 0 Å². The van der Waals surface area contributed by atoms with Gasteiger partial charge in [-0.05, 0) is 36.3 Å². The summed E-state index contributed by atoms with van der Waals surface area (Å²) in [5.41, 5.74) is 0. The third kappa shape index (κ3) is 3.69. The van der Waals surface area contributed by atoms with Crippen molar-refractivity contribution in [2.75, 3.05) is 0 Å². The first-order chi connectivity index (χ1) is 10.2. The summed E-state index contributed by atoms with van der Waals surface area (Å²) < 4.78 is 19.6. The van der Waals surface area contributed by atoms with Crippen molar-refractivity contribution in [3.63, 3.8) is 0 Å². The Kier molecular flexibility index (Phi) is 4.89. The van der Waals surface area contributed by atoms with E-state index in [0.29, 0.717) is 0 Å². The van der Waals surface area contributed by atoms with Crippen LogP contribution in [0.15, 0.2) is 12.2 Å². The van der Waals surface area contributed by atoms with Gasteiger partial charge in [-0.3, -0.25) is 0 Å². The van der Waals surface area contributed by atoms with Gasteiger partial charge in [0.1, 0.15) is 24.4 Å². The second-order valence-electron chi connectivity index (χ2n) is 10.1. The minimum absolute atomic E-state index is 0.0417. The van der Waals surface area contributed by atoms with Crippen LogP contribution in [0.2, 0.25) is 36.3 Å². The third-order valence-electron chi connectivity index (χ3n) is 6.25. The van der Waals surface area contributed by atoms with Crippen LogP contribution in [0.3, 0.4) is 0 Å². The second kappa shape index (κ2) is 5.80. The van der Waals surface area contributed by atoms with Crippen LogP contribution < -0.4 is 0 Å². The number of hydrogen-bond acceptors (Lipinski definition) is 3. The van der Waals surface area contributed by atoms with Gasteiger partial charge in [0, 0.05) is 0 Å². The molecule has 0 amide bonds. The zero-order chi connectivity index (χ0) is 17.8. The van der Waals surface area contributed by atoms with E-state index in [1.165, 1.54) is 0 Å². The van der Waals surface area contributed by atoms with Gasteiger partial charge in [0.05, 0.1) is 0 Å². The maximum atomic E-state index is 6.73. The molecule has 5 heteroatoms. The Bertz CT molecular complexity index is 430. The SMILES string of the molecule is CC(C)(C)[Si](C)(C)O[C@@H]1[C@H](O[Si](C)(C)C(C)(C)C)[C@@H]2C=C[C@H]1O2. The topological polar surface area (TPSA) is 27.7 Å². The molecule has 0 saturated carbocycles. The molecule has 0 radical (unpaired) electrons. The van der Waals surface area contributed by atoms with E-state index < -0.39 is 16.6 Å². The summed E-state index contributed by atoms with van der Waals surface area (Å²) in [5.74, 6) is 0. The van der Waals surface area contributed by atoms with Crippen LogP contribution in [0, 0.1) is 0 Å². The second-order valence-corrected chi connectivity index (χ2v) is 19.6. The Balaban J connectivity index is 2.20. The van der Waals surface area contributed by atoms with Crippen molar-refractivity contribution in [3.05, 3.63) is 12.2 Å². The van der Waals surface area contributed by atoms with Gasteiger partial charge in [-0.15, -0.1) is 0 Å². The molecule has 0 aromatic rings. The number of hydrogen-bond donors (Lipinski definition) is 0. The molecule has 2 aliphatic rings. The molecule has 0 aromatic carbocycles. The molecular formula is C18H36O3Si2. The minimum atomic E-state index is -1.85. The third-order valence-corrected chi connectivity index (χ3v) is 15.2. The van der Waals surface area contributed by atoms with Crippen LogP contribution >= 0.6 is 0 Å². The van der Waals surface area contributed by atoms with E-state index in [0.717, 1.165) is 0 Å². The normalized spacial score (nSPS) is 31.9. The average Bonchev–Trinajstić information content (AvgIpc) is 2.88. The highest BCUT2D eigenvalue weighted by Crippen LogP contribution is 2.45. The van der Waals surface area contributed by atoms with Gasteiger partial charge in [-0.25, -0.2) is 0 Å².